The van der Waals surface area contributed by atoms with Crippen LogP contribution in [0.2, 0.25) is 0 Å². The van der Waals surface area contributed by atoms with E-state index in [1.807, 2.05) is 69.9 Å². The number of benzene rings is 1. The molecule has 0 fully saturated rings. The third kappa shape index (κ3) is 4.58. The van der Waals surface area contributed by atoms with E-state index in [1.165, 1.54) is 0 Å². The number of aromatic nitrogens is 5. The minimum atomic E-state index is -0.523. The number of hydrogen-bond donors (Lipinski definition) is 1. The summed E-state index contributed by atoms with van der Waals surface area (Å²) < 4.78 is 8.89. The molecule has 0 spiro atoms. The maximum atomic E-state index is 12.0. The number of fused-ring (bicyclic) bond motifs is 1. The van der Waals surface area contributed by atoms with Gasteiger partial charge in [-0.15, -0.1) is 0 Å². The molecule has 0 aliphatic heterocycles. The summed E-state index contributed by atoms with van der Waals surface area (Å²) in [6, 6.07) is 8.05. The van der Waals surface area contributed by atoms with Crippen LogP contribution in [0.25, 0.3) is 28.0 Å². The van der Waals surface area contributed by atoms with Gasteiger partial charge in [-0.1, -0.05) is 12.1 Å². The summed E-state index contributed by atoms with van der Waals surface area (Å²) in [6.07, 6.45) is 6.96. The number of aryl methyl sites for hydroxylation is 2. The Balaban J connectivity index is 1.63. The van der Waals surface area contributed by atoms with E-state index in [9.17, 15) is 4.79 Å². The third-order valence-corrected chi connectivity index (χ3v) is 4.83. The molecule has 4 rings (SSSR count). The fraction of sp³-hybridized carbons (Fsp3) is 0.304. The van der Waals surface area contributed by atoms with Crippen LogP contribution in [0.1, 0.15) is 31.9 Å². The molecule has 1 amide bonds. The van der Waals surface area contributed by atoms with Crippen LogP contribution < -0.4 is 5.32 Å². The van der Waals surface area contributed by atoms with Gasteiger partial charge in [-0.3, -0.25) is 4.68 Å². The van der Waals surface area contributed by atoms with E-state index in [1.54, 1.807) is 17.1 Å². The van der Waals surface area contributed by atoms with Gasteiger partial charge in [0.25, 0.3) is 0 Å². The summed E-state index contributed by atoms with van der Waals surface area (Å²) in [6.45, 7) is 7.95. The molecule has 0 unspecified atom stereocenters. The molecule has 1 N–H and O–H groups in total. The van der Waals surface area contributed by atoms with Gasteiger partial charge in [-0.25, -0.2) is 14.3 Å². The number of rotatable bonds is 4. The van der Waals surface area contributed by atoms with E-state index >= 15 is 0 Å². The Morgan fingerprint density at radius 2 is 1.94 bits per heavy atom. The Bertz CT molecular complexity index is 1250. The van der Waals surface area contributed by atoms with Gasteiger partial charge in [0.15, 0.2) is 0 Å². The monoisotopic (exact) mass is 418 g/mol. The summed E-state index contributed by atoms with van der Waals surface area (Å²) in [4.78, 5) is 16.9. The average molecular weight is 419 g/mol. The van der Waals surface area contributed by atoms with Crippen molar-refractivity contribution in [3.05, 3.63) is 60.2 Å². The van der Waals surface area contributed by atoms with Crippen molar-refractivity contribution >= 4 is 11.6 Å². The van der Waals surface area contributed by atoms with Crippen LogP contribution >= 0.6 is 0 Å². The van der Waals surface area contributed by atoms with Crippen LogP contribution in [-0.2, 0) is 18.3 Å². The minimum absolute atomic E-state index is 0.395. The molecule has 31 heavy (non-hydrogen) atoms. The van der Waals surface area contributed by atoms with Gasteiger partial charge in [0.2, 0.25) is 0 Å². The van der Waals surface area contributed by atoms with Gasteiger partial charge in [0.05, 0.1) is 35.5 Å². The largest absolute Gasteiger partial charge is 0.444 e. The number of carbonyl (C=O) groups excluding carboxylic acids is 1. The highest BCUT2D eigenvalue weighted by Crippen LogP contribution is 2.28. The van der Waals surface area contributed by atoms with Crippen molar-refractivity contribution in [2.45, 2.75) is 39.8 Å². The maximum Gasteiger partial charge on any atom is 0.407 e. The fourth-order valence-electron chi connectivity index (χ4n) is 3.36. The van der Waals surface area contributed by atoms with Crippen LogP contribution in [-0.4, -0.2) is 36.1 Å². The lowest BCUT2D eigenvalue weighted by Gasteiger charge is -2.20. The molecule has 0 saturated carbocycles. The molecule has 160 valence electrons. The molecular formula is C23H26N6O2. The molecule has 0 aliphatic rings. The second kappa shape index (κ2) is 7.86. The molecule has 0 bridgehead atoms. The van der Waals surface area contributed by atoms with Crippen molar-refractivity contribution in [3.8, 4) is 22.5 Å². The number of hydrogen-bond acceptors (Lipinski definition) is 5. The first-order valence-electron chi connectivity index (χ1n) is 10.1. The molecule has 8 nitrogen and oxygen atoms in total. The zero-order chi connectivity index (χ0) is 22.2. The topological polar surface area (TPSA) is 86.3 Å². The van der Waals surface area contributed by atoms with Gasteiger partial charge >= 0.3 is 6.09 Å². The van der Waals surface area contributed by atoms with Gasteiger partial charge < -0.3 is 10.1 Å². The van der Waals surface area contributed by atoms with E-state index in [0.29, 0.717) is 6.54 Å². The summed E-state index contributed by atoms with van der Waals surface area (Å²) in [5.74, 6) is 0. The lowest BCUT2D eigenvalue weighted by molar-refractivity contribution is 0.0523. The number of alkyl carbamates (subject to hydrolysis) is 1. The third-order valence-electron chi connectivity index (χ3n) is 4.83. The van der Waals surface area contributed by atoms with Crippen LogP contribution in [0.5, 0.6) is 0 Å². The van der Waals surface area contributed by atoms with E-state index in [2.05, 4.69) is 21.6 Å². The number of nitrogens with one attached hydrogen (secondary N) is 1. The Labute approximate surface area is 180 Å². The van der Waals surface area contributed by atoms with Gasteiger partial charge in [0, 0.05) is 30.9 Å². The van der Waals surface area contributed by atoms with Gasteiger partial charge in [-0.2, -0.15) is 10.2 Å². The number of carbonyl (C=O) groups is 1. The van der Waals surface area contributed by atoms with Crippen molar-refractivity contribution in [2.24, 2.45) is 7.05 Å². The summed E-state index contributed by atoms with van der Waals surface area (Å²) >= 11 is 0. The predicted molar refractivity (Wildman–Crippen MR) is 118 cm³/mol. The second-order valence-electron chi connectivity index (χ2n) is 8.54. The van der Waals surface area contributed by atoms with Crippen molar-refractivity contribution in [1.82, 2.24) is 29.7 Å². The van der Waals surface area contributed by atoms with Crippen LogP contribution in [0, 0.1) is 6.92 Å². The van der Waals surface area contributed by atoms with Crippen molar-refractivity contribution in [2.75, 3.05) is 0 Å². The molecule has 0 aliphatic carbocycles. The molecule has 0 saturated heterocycles. The normalized spacial score (nSPS) is 11.6. The van der Waals surface area contributed by atoms with Gasteiger partial charge in [0.1, 0.15) is 5.60 Å². The van der Waals surface area contributed by atoms with Crippen molar-refractivity contribution in [3.63, 3.8) is 0 Å². The molecule has 4 aromatic rings. The zero-order valence-electron chi connectivity index (χ0n) is 18.4. The fourth-order valence-corrected chi connectivity index (χ4v) is 3.36. The molecule has 1 aromatic carbocycles. The molecular weight excluding hydrogens is 392 g/mol. The molecule has 0 radical (unpaired) electrons. The SMILES string of the molecule is Cc1cc(-c2nc(-c3cnn(C)c3)cn3nccc23)ccc1CNC(=O)OC(C)(C)C. The lowest BCUT2D eigenvalue weighted by atomic mass is 10.0. The highest BCUT2D eigenvalue weighted by atomic mass is 16.6. The highest BCUT2D eigenvalue weighted by molar-refractivity contribution is 5.79. The summed E-state index contributed by atoms with van der Waals surface area (Å²) in [5, 5.41) is 11.5. The number of nitrogens with zero attached hydrogens (tertiary/aromatic N) is 5. The Kier molecular flexibility index (Phi) is 5.22. The molecule has 8 heteroatoms. The van der Waals surface area contributed by atoms with Crippen LogP contribution in [0.3, 0.4) is 0 Å². The first-order chi connectivity index (χ1) is 14.7. The van der Waals surface area contributed by atoms with Crippen molar-refractivity contribution < 1.29 is 9.53 Å². The smallest absolute Gasteiger partial charge is 0.407 e. The van der Waals surface area contributed by atoms with E-state index in [-0.39, 0.29) is 0 Å². The van der Waals surface area contributed by atoms with Crippen LogP contribution in [0.15, 0.2) is 49.1 Å². The van der Waals surface area contributed by atoms with E-state index in [4.69, 9.17) is 9.72 Å². The molecule has 3 aromatic heterocycles. The van der Waals surface area contributed by atoms with Gasteiger partial charge in [-0.05, 0) is 51.0 Å². The maximum absolute atomic E-state index is 12.0. The minimum Gasteiger partial charge on any atom is -0.444 e. The Hall–Kier alpha value is -3.68. The predicted octanol–water partition coefficient (Wildman–Crippen LogP) is 4.13. The quantitative estimate of drug-likeness (QED) is 0.539. The first-order valence-corrected chi connectivity index (χ1v) is 10.1. The zero-order valence-corrected chi connectivity index (χ0v) is 18.4. The standard InChI is InChI=1S/C23H26N6O2/c1-15-10-16(6-7-17(15)11-24-22(30)31-23(2,3)4)21-20-8-9-25-29(20)14-19(27-21)18-12-26-28(5)13-18/h6-10,12-14H,11H2,1-5H3,(H,24,30). The first kappa shape index (κ1) is 20.6. The van der Waals surface area contributed by atoms with E-state index in [0.717, 1.165) is 39.2 Å². The second-order valence-corrected chi connectivity index (χ2v) is 8.54. The summed E-state index contributed by atoms with van der Waals surface area (Å²) in [5.41, 5.74) is 6.02. The van der Waals surface area contributed by atoms with Crippen LogP contribution in [0.4, 0.5) is 4.79 Å². The van der Waals surface area contributed by atoms with E-state index < -0.39 is 11.7 Å². The molecule has 3 heterocycles. The lowest BCUT2D eigenvalue weighted by Crippen LogP contribution is -2.32. The number of ether oxygens (including phenoxy) is 1. The average Bonchev–Trinajstić information content (AvgIpc) is 3.33. The van der Waals surface area contributed by atoms with Crippen molar-refractivity contribution in [1.29, 1.82) is 0 Å². The summed E-state index contributed by atoms with van der Waals surface area (Å²) in [7, 11) is 1.88. The Morgan fingerprint density at radius 3 is 2.61 bits per heavy atom. The Morgan fingerprint density at radius 1 is 1.13 bits per heavy atom. The highest BCUT2D eigenvalue weighted by Gasteiger charge is 2.16. The number of amides is 1. The molecule has 0 atom stereocenters.